The second-order valence-corrected chi connectivity index (χ2v) is 8.93. The summed E-state index contributed by atoms with van der Waals surface area (Å²) >= 11 is 0. The molecule has 1 heterocycles. The first kappa shape index (κ1) is 23.7. The van der Waals surface area contributed by atoms with Gasteiger partial charge in [-0.3, -0.25) is 9.59 Å². The molecular weight excluding hydrogens is 448 g/mol. The Hall–Kier alpha value is -4.46. The van der Waals surface area contributed by atoms with Crippen molar-refractivity contribution < 1.29 is 28.8 Å². The molecule has 0 saturated carbocycles. The van der Waals surface area contributed by atoms with Crippen molar-refractivity contribution >= 4 is 23.9 Å². The Kier molecular flexibility index (Phi) is 6.38. The topological polar surface area (TPSA) is 102 Å². The number of rotatable bonds is 5. The summed E-state index contributed by atoms with van der Waals surface area (Å²) in [5.74, 6) is -2.53. The number of hydrogen-bond donors (Lipinski definition) is 1. The lowest BCUT2D eigenvalue weighted by atomic mass is 10.0. The quantitative estimate of drug-likeness (QED) is 0.542. The first-order valence-corrected chi connectivity index (χ1v) is 11.0. The Morgan fingerprint density at radius 3 is 1.83 bits per heavy atom. The van der Waals surface area contributed by atoms with Crippen LogP contribution in [0.25, 0.3) is 11.1 Å². The molecule has 1 aliphatic heterocycles. The molecule has 1 atom stereocenters. The molecule has 35 heavy (non-hydrogen) atoms. The zero-order chi connectivity index (χ0) is 25.2. The molecule has 1 aliphatic rings. The number of carbonyl (C=O) groups excluding carboxylic acids is 4. The molecule has 1 unspecified atom stereocenters. The predicted octanol–water partition coefficient (Wildman–Crippen LogP) is 4.67. The van der Waals surface area contributed by atoms with Gasteiger partial charge in [-0.25, -0.2) is 9.59 Å². The monoisotopic (exact) mass is 472 g/mol. The minimum absolute atomic E-state index is 0.133. The predicted molar refractivity (Wildman–Crippen MR) is 127 cm³/mol. The van der Waals surface area contributed by atoms with Crippen LogP contribution >= 0.6 is 0 Å². The van der Waals surface area contributed by atoms with Gasteiger partial charge in [-0.05, 0) is 49.6 Å². The summed E-state index contributed by atoms with van der Waals surface area (Å²) in [6, 6.07) is 21.4. The normalized spacial score (nSPS) is 13.7. The van der Waals surface area contributed by atoms with Crippen molar-refractivity contribution in [1.82, 2.24) is 10.4 Å². The van der Waals surface area contributed by atoms with Crippen molar-refractivity contribution in [3.8, 4) is 11.1 Å². The van der Waals surface area contributed by atoms with Gasteiger partial charge in [0.25, 0.3) is 11.8 Å². The highest BCUT2D eigenvalue weighted by molar-refractivity contribution is 6.21. The average Bonchev–Trinajstić information content (AvgIpc) is 3.07. The van der Waals surface area contributed by atoms with Gasteiger partial charge in [0.2, 0.25) is 0 Å². The third-order valence-electron chi connectivity index (χ3n) is 5.19. The average molecular weight is 472 g/mol. The van der Waals surface area contributed by atoms with Gasteiger partial charge >= 0.3 is 12.1 Å². The largest absolute Gasteiger partial charge is 0.444 e. The van der Waals surface area contributed by atoms with Crippen LogP contribution in [0.4, 0.5) is 4.79 Å². The van der Waals surface area contributed by atoms with Crippen LogP contribution in [0.1, 0.15) is 53.1 Å². The lowest BCUT2D eigenvalue weighted by Crippen LogP contribution is -2.42. The number of amides is 3. The molecule has 3 aromatic carbocycles. The fourth-order valence-electron chi connectivity index (χ4n) is 3.60. The highest BCUT2D eigenvalue weighted by atomic mass is 16.7. The molecule has 1 N–H and O–H groups in total. The van der Waals surface area contributed by atoms with Crippen LogP contribution in [0, 0.1) is 0 Å². The van der Waals surface area contributed by atoms with Crippen molar-refractivity contribution in [3.63, 3.8) is 0 Å². The second kappa shape index (κ2) is 9.42. The van der Waals surface area contributed by atoms with Gasteiger partial charge in [0, 0.05) is 0 Å². The summed E-state index contributed by atoms with van der Waals surface area (Å²) in [5.41, 5.74) is 1.72. The van der Waals surface area contributed by atoms with Gasteiger partial charge in [-0.2, -0.15) is 0 Å². The smallest absolute Gasteiger partial charge is 0.408 e. The first-order chi connectivity index (χ1) is 16.6. The van der Waals surface area contributed by atoms with Gasteiger partial charge in [-0.15, -0.1) is 0 Å². The number of nitrogens with zero attached hydrogens (tertiary/aromatic N) is 1. The van der Waals surface area contributed by atoms with Crippen LogP contribution in [0.3, 0.4) is 0 Å². The molecule has 0 saturated heterocycles. The maximum atomic E-state index is 13.2. The van der Waals surface area contributed by atoms with Crippen molar-refractivity contribution in [2.45, 2.75) is 32.4 Å². The van der Waals surface area contributed by atoms with Crippen molar-refractivity contribution in [3.05, 3.63) is 95.6 Å². The van der Waals surface area contributed by atoms with Crippen molar-refractivity contribution in [2.75, 3.05) is 0 Å². The number of carbonyl (C=O) groups is 4. The Morgan fingerprint density at radius 1 is 0.771 bits per heavy atom. The third-order valence-corrected chi connectivity index (χ3v) is 5.19. The highest BCUT2D eigenvalue weighted by Crippen LogP contribution is 2.26. The fraction of sp³-hybridized carbons (Fsp3) is 0.185. The molecule has 0 aromatic heterocycles. The molecule has 8 heteroatoms. The van der Waals surface area contributed by atoms with Crippen LogP contribution in [0.2, 0.25) is 0 Å². The number of fused-ring (bicyclic) bond motifs is 1. The zero-order valence-corrected chi connectivity index (χ0v) is 19.5. The standard InChI is InChI=1S/C27H24N2O6/c1-27(2,3)34-26(33)28-22(19-15-13-18(14-16-19)17-9-5-4-6-10-17)25(32)35-29-23(30)20-11-7-8-12-21(20)24(29)31/h4-16,22H,1-3H3,(H,28,33). The van der Waals surface area contributed by atoms with Gasteiger partial charge in [0.1, 0.15) is 5.60 Å². The van der Waals surface area contributed by atoms with Crippen LogP contribution in [-0.2, 0) is 14.4 Å². The summed E-state index contributed by atoms with van der Waals surface area (Å²) in [4.78, 5) is 56.1. The maximum absolute atomic E-state index is 13.2. The highest BCUT2D eigenvalue weighted by Gasteiger charge is 2.40. The number of benzene rings is 3. The Balaban J connectivity index is 1.59. The number of imide groups is 1. The van der Waals surface area contributed by atoms with E-state index in [4.69, 9.17) is 9.57 Å². The van der Waals surface area contributed by atoms with Crippen molar-refractivity contribution in [2.24, 2.45) is 0 Å². The van der Waals surface area contributed by atoms with E-state index in [0.717, 1.165) is 11.1 Å². The van der Waals surface area contributed by atoms with Crippen LogP contribution in [-0.4, -0.2) is 34.5 Å². The number of nitrogens with one attached hydrogen (secondary N) is 1. The molecule has 8 nitrogen and oxygen atoms in total. The van der Waals surface area contributed by atoms with E-state index in [-0.39, 0.29) is 11.1 Å². The molecule has 0 radical (unpaired) electrons. The van der Waals surface area contributed by atoms with E-state index in [1.807, 2.05) is 30.3 Å². The van der Waals surface area contributed by atoms with E-state index in [1.165, 1.54) is 12.1 Å². The molecule has 0 fully saturated rings. The summed E-state index contributed by atoms with van der Waals surface area (Å²) in [6.45, 7) is 5.06. The number of ether oxygens (including phenoxy) is 1. The molecule has 3 aromatic rings. The zero-order valence-electron chi connectivity index (χ0n) is 19.5. The minimum atomic E-state index is -1.33. The third kappa shape index (κ3) is 5.22. The lowest BCUT2D eigenvalue weighted by Gasteiger charge is -2.24. The molecule has 178 valence electrons. The lowest BCUT2D eigenvalue weighted by molar-refractivity contribution is -0.171. The molecule has 4 rings (SSSR count). The summed E-state index contributed by atoms with van der Waals surface area (Å²) in [5, 5.41) is 2.90. The molecule has 3 amide bonds. The van der Waals surface area contributed by atoms with E-state index in [2.05, 4.69) is 5.32 Å². The molecular formula is C27H24N2O6. The Labute approximate surface area is 202 Å². The van der Waals surface area contributed by atoms with Gasteiger partial charge in [0.05, 0.1) is 11.1 Å². The van der Waals surface area contributed by atoms with E-state index in [0.29, 0.717) is 10.6 Å². The van der Waals surface area contributed by atoms with E-state index >= 15 is 0 Å². The Bertz CT molecular complexity index is 1240. The number of hydroxylamine groups is 2. The minimum Gasteiger partial charge on any atom is -0.444 e. The molecule has 0 aliphatic carbocycles. The summed E-state index contributed by atoms with van der Waals surface area (Å²) < 4.78 is 5.29. The molecule has 0 spiro atoms. The maximum Gasteiger partial charge on any atom is 0.408 e. The summed E-state index contributed by atoms with van der Waals surface area (Å²) in [6.07, 6.45) is -0.853. The Morgan fingerprint density at radius 2 is 1.29 bits per heavy atom. The fourth-order valence-corrected chi connectivity index (χ4v) is 3.60. The SMILES string of the molecule is CC(C)(C)OC(=O)NC(C(=O)ON1C(=O)c2ccccc2C1=O)c1ccc(-c2ccccc2)cc1. The second-order valence-electron chi connectivity index (χ2n) is 8.93. The van der Waals surface area contributed by atoms with Crippen LogP contribution in [0.5, 0.6) is 0 Å². The molecule has 0 bridgehead atoms. The van der Waals surface area contributed by atoms with Gasteiger partial charge in [0.15, 0.2) is 6.04 Å². The van der Waals surface area contributed by atoms with E-state index in [1.54, 1.807) is 57.2 Å². The number of alkyl carbamates (subject to hydrolysis) is 1. The number of hydrogen-bond acceptors (Lipinski definition) is 6. The van der Waals surface area contributed by atoms with E-state index in [9.17, 15) is 19.2 Å². The van der Waals surface area contributed by atoms with E-state index < -0.39 is 35.5 Å². The first-order valence-electron chi connectivity index (χ1n) is 11.0. The van der Waals surface area contributed by atoms with Gasteiger partial charge in [-0.1, -0.05) is 71.8 Å². The van der Waals surface area contributed by atoms with Crippen LogP contribution < -0.4 is 5.32 Å². The van der Waals surface area contributed by atoms with Gasteiger partial charge < -0.3 is 14.9 Å². The summed E-state index contributed by atoms with van der Waals surface area (Å²) in [7, 11) is 0. The van der Waals surface area contributed by atoms with Crippen LogP contribution in [0.15, 0.2) is 78.9 Å². The van der Waals surface area contributed by atoms with Crippen molar-refractivity contribution in [1.29, 1.82) is 0 Å².